The maximum Gasteiger partial charge on any atom is 0.343 e. The number of ether oxygens (including phenoxy) is 1. The lowest BCUT2D eigenvalue weighted by atomic mass is 9.86. The third-order valence-corrected chi connectivity index (χ3v) is 5.47. The molecular formula is C19H23NO3. The summed E-state index contributed by atoms with van der Waals surface area (Å²) in [6.07, 6.45) is 6.19. The van der Waals surface area contributed by atoms with Crippen LogP contribution in [0.1, 0.15) is 31.2 Å². The van der Waals surface area contributed by atoms with Gasteiger partial charge in [-0.1, -0.05) is 30.3 Å². The van der Waals surface area contributed by atoms with Crippen molar-refractivity contribution in [3.8, 4) is 0 Å². The van der Waals surface area contributed by atoms with Crippen molar-refractivity contribution in [3.63, 3.8) is 0 Å². The van der Waals surface area contributed by atoms with Crippen LogP contribution in [0.4, 0.5) is 0 Å². The van der Waals surface area contributed by atoms with Crippen molar-refractivity contribution in [1.29, 1.82) is 0 Å². The van der Waals surface area contributed by atoms with E-state index in [0.717, 1.165) is 38.8 Å². The predicted molar refractivity (Wildman–Crippen MR) is 86.4 cm³/mol. The van der Waals surface area contributed by atoms with E-state index in [4.69, 9.17) is 4.74 Å². The van der Waals surface area contributed by atoms with Crippen LogP contribution in [0.15, 0.2) is 42.1 Å². The first kappa shape index (κ1) is 14.8. The Kier molecular flexibility index (Phi) is 3.64. The van der Waals surface area contributed by atoms with E-state index < -0.39 is 11.6 Å². The van der Waals surface area contributed by atoms with Crippen molar-refractivity contribution in [2.75, 3.05) is 19.7 Å². The Morgan fingerprint density at radius 3 is 2.43 bits per heavy atom. The molecule has 1 saturated heterocycles. The lowest BCUT2D eigenvalue weighted by Crippen LogP contribution is -2.41. The zero-order valence-electron chi connectivity index (χ0n) is 13.3. The van der Waals surface area contributed by atoms with Crippen molar-refractivity contribution >= 4 is 5.97 Å². The van der Waals surface area contributed by atoms with Gasteiger partial charge in [0.15, 0.2) is 5.60 Å². The zero-order valence-corrected chi connectivity index (χ0v) is 13.3. The Labute approximate surface area is 136 Å². The van der Waals surface area contributed by atoms with E-state index in [2.05, 4.69) is 11.1 Å². The second-order valence-corrected chi connectivity index (χ2v) is 7.00. The highest BCUT2D eigenvalue weighted by molar-refractivity contribution is 5.82. The van der Waals surface area contributed by atoms with E-state index in [0.29, 0.717) is 18.1 Å². The van der Waals surface area contributed by atoms with Gasteiger partial charge < -0.3 is 14.7 Å². The third kappa shape index (κ3) is 2.65. The molecular weight excluding hydrogens is 290 g/mol. The van der Waals surface area contributed by atoms with Gasteiger partial charge in [-0.2, -0.15) is 0 Å². The highest BCUT2D eigenvalue weighted by Crippen LogP contribution is 2.46. The number of esters is 1. The first-order valence-corrected chi connectivity index (χ1v) is 8.57. The Morgan fingerprint density at radius 1 is 1.17 bits per heavy atom. The number of hydrogen-bond donors (Lipinski definition) is 1. The molecule has 3 heterocycles. The molecule has 3 aliphatic heterocycles. The minimum Gasteiger partial charge on any atom is -0.459 e. The first-order valence-electron chi connectivity index (χ1n) is 8.57. The minimum absolute atomic E-state index is 0.0158. The fourth-order valence-corrected chi connectivity index (χ4v) is 3.87. The molecule has 23 heavy (non-hydrogen) atoms. The summed E-state index contributed by atoms with van der Waals surface area (Å²) >= 11 is 0. The highest BCUT2D eigenvalue weighted by Gasteiger charge is 2.52. The molecule has 0 amide bonds. The summed E-state index contributed by atoms with van der Waals surface area (Å²) in [4.78, 5) is 15.0. The molecule has 5 rings (SSSR count). The normalized spacial score (nSPS) is 23.3. The van der Waals surface area contributed by atoms with Gasteiger partial charge >= 0.3 is 5.97 Å². The number of carbonyl (C=O) groups is 1. The molecule has 2 bridgehead atoms. The quantitative estimate of drug-likeness (QED) is 0.848. The van der Waals surface area contributed by atoms with E-state index in [9.17, 15) is 9.90 Å². The van der Waals surface area contributed by atoms with Gasteiger partial charge in [-0.25, -0.2) is 4.79 Å². The van der Waals surface area contributed by atoms with Crippen LogP contribution in [0.25, 0.3) is 0 Å². The van der Waals surface area contributed by atoms with Crippen molar-refractivity contribution in [3.05, 3.63) is 47.7 Å². The van der Waals surface area contributed by atoms with Gasteiger partial charge in [-0.15, -0.1) is 0 Å². The van der Waals surface area contributed by atoms with Crippen molar-refractivity contribution in [2.45, 2.75) is 31.3 Å². The lowest BCUT2D eigenvalue weighted by molar-refractivity contribution is -0.168. The second kappa shape index (κ2) is 5.68. The molecule has 1 aromatic carbocycles. The van der Waals surface area contributed by atoms with Gasteiger partial charge in [0.05, 0.1) is 0 Å². The third-order valence-electron chi connectivity index (χ3n) is 5.47. The molecule has 122 valence electrons. The van der Waals surface area contributed by atoms with Crippen molar-refractivity contribution in [1.82, 2.24) is 4.90 Å². The number of carbonyl (C=O) groups excluding carboxylic acids is 1. The molecule has 2 fully saturated rings. The standard InChI is InChI=1S/C19H23NO3/c21-18(23-13-15-12-20-10-8-14(15)9-11-20)19(22,17-6-7-17)16-4-2-1-3-5-16/h1-5,12,14,17,22H,6-11,13H2. The summed E-state index contributed by atoms with van der Waals surface area (Å²) in [5.41, 5.74) is 0.355. The Balaban J connectivity index is 1.49. The molecule has 0 aromatic heterocycles. The molecule has 4 aliphatic rings. The van der Waals surface area contributed by atoms with Crippen molar-refractivity contribution < 1.29 is 14.6 Å². The maximum absolute atomic E-state index is 12.7. The summed E-state index contributed by atoms with van der Waals surface area (Å²) in [6.45, 7) is 2.53. The predicted octanol–water partition coefficient (Wildman–Crippen LogP) is 2.44. The van der Waals surface area contributed by atoms with E-state index in [1.807, 2.05) is 30.3 Å². The number of hydrogen-bond acceptors (Lipinski definition) is 4. The summed E-state index contributed by atoms with van der Waals surface area (Å²) < 4.78 is 5.57. The SMILES string of the molecule is O=C(OCC1=CN2CCC1CC2)C(O)(c1ccccc1)C1CC1. The summed E-state index contributed by atoms with van der Waals surface area (Å²) in [5.74, 6) is 0.0278. The van der Waals surface area contributed by atoms with E-state index in [1.54, 1.807) is 0 Å². The number of aliphatic hydroxyl groups is 1. The summed E-state index contributed by atoms with van der Waals surface area (Å²) in [7, 11) is 0. The maximum atomic E-state index is 12.7. The van der Waals surface area contributed by atoms with Gasteiger partial charge in [-0.3, -0.25) is 0 Å². The number of rotatable bonds is 5. The topological polar surface area (TPSA) is 49.8 Å². The molecule has 1 aliphatic carbocycles. The molecule has 0 radical (unpaired) electrons. The second-order valence-electron chi connectivity index (χ2n) is 7.00. The van der Waals surface area contributed by atoms with Gasteiger partial charge in [0.25, 0.3) is 0 Å². The first-order chi connectivity index (χ1) is 11.2. The summed E-state index contributed by atoms with van der Waals surface area (Å²) in [5, 5.41) is 11.0. The number of benzene rings is 1. The van der Waals surface area contributed by atoms with Crippen LogP contribution in [-0.2, 0) is 15.1 Å². The molecule has 1 unspecified atom stereocenters. The monoisotopic (exact) mass is 313 g/mol. The molecule has 0 spiro atoms. The van der Waals surface area contributed by atoms with E-state index in [-0.39, 0.29) is 5.92 Å². The van der Waals surface area contributed by atoms with E-state index >= 15 is 0 Å². The average molecular weight is 313 g/mol. The van der Waals surface area contributed by atoms with Gasteiger partial charge in [0.2, 0.25) is 0 Å². The van der Waals surface area contributed by atoms with Crippen LogP contribution < -0.4 is 0 Å². The van der Waals surface area contributed by atoms with Crippen LogP contribution >= 0.6 is 0 Å². The Morgan fingerprint density at radius 2 is 1.87 bits per heavy atom. The van der Waals surface area contributed by atoms with Crippen LogP contribution in [0.5, 0.6) is 0 Å². The Bertz CT molecular complexity index is 615. The average Bonchev–Trinajstić information content (AvgIpc) is 3.46. The fourth-order valence-electron chi connectivity index (χ4n) is 3.87. The van der Waals surface area contributed by atoms with Crippen molar-refractivity contribution in [2.24, 2.45) is 11.8 Å². The smallest absolute Gasteiger partial charge is 0.343 e. The number of nitrogens with zero attached hydrogens (tertiary/aromatic N) is 1. The summed E-state index contributed by atoms with van der Waals surface area (Å²) in [6, 6.07) is 9.22. The molecule has 4 nitrogen and oxygen atoms in total. The molecule has 4 heteroatoms. The lowest BCUT2D eigenvalue weighted by Gasteiger charge is -2.39. The molecule has 1 N–H and O–H groups in total. The van der Waals surface area contributed by atoms with Gasteiger partial charge in [0.1, 0.15) is 6.61 Å². The van der Waals surface area contributed by atoms with Crippen LogP contribution in [0.2, 0.25) is 0 Å². The number of piperidine rings is 1. The van der Waals surface area contributed by atoms with Gasteiger partial charge in [0, 0.05) is 25.2 Å². The van der Waals surface area contributed by atoms with Crippen LogP contribution in [0.3, 0.4) is 0 Å². The molecule has 1 saturated carbocycles. The molecule has 1 atom stereocenters. The van der Waals surface area contributed by atoms with Gasteiger partial charge in [-0.05, 0) is 42.7 Å². The zero-order chi connectivity index (χ0) is 15.9. The van der Waals surface area contributed by atoms with Crippen LogP contribution in [0, 0.1) is 11.8 Å². The fraction of sp³-hybridized carbons (Fsp3) is 0.526. The molecule has 1 aromatic rings. The van der Waals surface area contributed by atoms with E-state index in [1.165, 1.54) is 5.57 Å². The largest absolute Gasteiger partial charge is 0.459 e. The minimum atomic E-state index is -1.49. The Hall–Kier alpha value is -1.81. The van der Waals surface area contributed by atoms with Crippen LogP contribution in [-0.4, -0.2) is 35.7 Å². The highest BCUT2D eigenvalue weighted by atomic mass is 16.5. The number of fused-ring (bicyclic) bond motifs is 2.